The highest BCUT2D eigenvalue weighted by molar-refractivity contribution is 7.99. The van der Waals surface area contributed by atoms with Crippen molar-refractivity contribution in [1.29, 1.82) is 0 Å². The Labute approximate surface area is 130 Å². The predicted molar refractivity (Wildman–Crippen MR) is 85.6 cm³/mol. The van der Waals surface area contributed by atoms with Gasteiger partial charge in [0.1, 0.15) is 5.75 Å². The molecule has 0 saturated carbocycles. The maximum absolute atomic E-state index is 12.3. The molecule has 112 valence electrons. The van der Waals surface area contributed by atoms with Crippen molar-refractivity contribution in [2.24, 2.45) is 0 Å². The number of methoxy groups -OCH3 is 1. The summed E-state index contributed by atoms with van der Waals surface area (Å²) >= 11 is 1.77. The van der Waals surface area contributed by atoms with Crippen molar-refractivity contribution in [3.8, 4) is 5.75 Å². The molecule has 1 unspecified atom stereocenters. The minimum absolute atomic E-state index is 0. The number of nitrogens with zero attached hydrogens (tertiary/aromatic N) is 1. The molecule has 1 aromatic carbocycles. The zero-order chi connectivity index (χ0) is 13.7. The normalized spacial score (nSPS) is 17.4. The highest BCUT2D eigenvalue weighted by Gasteiger charge is 2.26. The average Bonchev–Trinajstić information content (AvgIpc) is 2.99. The number of amides is 1. The number of hydrogen-bond donors (Lipinski definition) is 1. The van der Waals surface area contributed by atoms with E-state index in [1.807, 2.05) is 36.1 Å². The number of carbonyl (C=O) groups is 1. The number of thioether (sulfide) groups is 1. The van der Waals surface area contributed by atoms with E-state index in [0.29, 0.717) is 6.54 Å². The van der Waals surface area contributed by atoms with Crippen LogP contribution >= 0.6 is 24.2 Å². The molecule has 1 N–H and O–H groups in total. The Morgan fingerprint density at radius 2 is 2.15 bits per heavy atom. The molecule has 0 radical (unpaired) electrons. The molecule has 1 amide bonds. The Hall–Kier alpha value is -0.910. The van der Waals surface area contributed by atoms with Gasteiger partial charge in [0.15, 0.2) is 0 Å². The largest absolute Gasteiger partial charge is 0.497 e. The van der Waals surface area contributed by atoms with Crippen LogP contribution in [0.5, 0.6) is 5.75 Å². The van der Waals surface area contributed by atoms with Crippen LogP contribution in [0, 0.1) is 0 Å². The molecule has 2 rings (SSSR count). The van der Waals surface area contributed by atoms with Crippen molar-refractivity contribution in [3.63, 3.8) is 0 Å². The first-order valence-corrected chi connectivity index (χ1v) is 7.63. The fourth-order valence-corrected chi connectivity index (χ4v) is 3.00. The summed E-state index contributed by atoms with van der Waals surface area (Å²) in [6.07, 6.45) is 0. The topological polar surface area (TPSA) is 41.6 Å². The summed E-state index contributed by atoms with van der Waals surface area (Å²) in [6.45, 7) is 3.40. The van der Waals surface area contributed by atoms with Crippen molar-refractivity contribution in [2.75, 3.05) is 25.3 Å². The first kappa shape index (κ1) is 17.1. The van der Waals surface area contributed by atoms with E-state index in [0.717, 1.165) is 29.5 Å². The quantitative estimate of drug-likeness (QED) is 0.903. The highest BCUT2D eigenvalue weighted by atomic mass is 35.5. The van der Waals surface area contributed by atoms with E-state index in [-0.39, 0.29) is 24.4 Å². The van der Waals surface area contributed by atoms with Crippen LogP contribution in [0.25, 0.3) is 0 Å². The van der Waals surface area contributed by atoms with Gasteiger partial charge in [-0.3, -0.25) is 10.1 Å². The van der Waals surface area contributed by atoms with Gasteiger partial charge in [-0.1, -0.05) is 12.1 Å². The second kappa shape index (κ2) is 8.39. The number of ether oxygens (including phenoxy) is 1. The summed E-state index contributed by atoms with van der Waals surface area (Å²) in [5.74, 6) is 2.78. The third-order valence-corrected chi connectivity index (χ3v) is 4.18. The number of benzene rings is 1. The van der Waals surface area contributed by atoms with Gasteiger partial charge in [0.05, 0.1) is 13.2 Å². The van der Waals surface area contributed by atoms with Crippen LogP contribution in [0.15, 0.2) is 24.3 Å². The van der Waals surface area contributed by atoms with Crippen LogP contribution in [0.2, 0.25) is 0 Å². The summed E-state index contributed by atoms with van der Waals surface area (Å²) in [5, 5.41) is 3.23. The van der Waals surface area contributed by atoms with Gasteiger partial charge < -0.3 is 9.64 Å². The molecular weight excluding hydrogens is 296 g/mol. The van der Waals surface area contributed by atoms with Crippen molar-refractivity contribution in [1.82, 2.24) is 10.2 Å². The summed E-state index contributed by atoms with van der Waals surface area (Å²) < 4.78 is 5.14. The molecular formula is C14H21ClN2O2S. The van der Waals surface area contributed by atoms with Gasteiger partial charge in [-0.15, -0.1) is 24.2 Å². The van der Waals surface area contributed by atoms with E-state index < -0.39 is 0 Å². The zero-order valence-electron chi connectivity index (χ0n) is 11.8. The lowest BCUT2D eigenvalue weighted by atomic mass is 10.2. The second-order valence-corrected chi connectivity index (χ2v) is 5.50. The molecule has 1 saturated heterocycles. The Morgan fingerprint density at radius 1 is 1.45 bits per heavy atom. The number of nitrogens with one attached hydrogen (secondary N) is 1. The molecule has 1 heterocycles. The molecule has 0 aromatic heterocycles. The number of likely N-dealkylation sites (N-methyl/N-ethyl adjacent to an activating group) is 1. The van der Waals surface area contributed by atoms with Crippen molar-refractivity contribution >= 4 is 30.1 Å². The third-order valence-electron chi connectivity index (χ3n) is 3.24. The summed E-state index contributed by atoms with van der Waals surface area (Å²) in [4.78, 5) is 14.2. The fourth-order valence-electron chi connectivity index (χ4n) is 2.07. The monoisotopic (exact) mass is 316 g/mol. The molecule has 20 heavy (non-hydrogen) atoms. The molecule has 1 atom stereocenters. The summed E-state index contributed by atoms with van der Waals surface area (Å²) in [7, 11) is 1.65. The van der Waals surface area contributed by atoms with E-state index in [1.54, 1.807) is 18.9 Å². The Balaban J connectivity index is 0.00000200. The minimum atomic E-state index is -0.0248. The summed E-state index contributed by atoms with van der Waals surface area (Å²) in [5.41, 5.74) is 1.13. The van der Waals surface area contributed by atoms with Gasteiger partial charge in [0.2, 0.25) is 5.91 Å². The van der Waals surface area contributed by atoms with Crippen LogP contribution in [0.4, 0.5) is 0 Å². The maximum atomic E-state index is 12.3. The zero-order valence-corrected chi connectivity index (χ0v) is 13.4. The molecule has 1 fully saturated rings. The number of rotatable bonds is 5. The molecule has 4 nitrogen and oxygen atoms in total. The molecule has 1 aliphatic heterocycles. The molecule has 0 bridgehead atoms. The van der Waals surface area contributed by atoms with Gasteiger partial charge in [-0.25, -0.2) is 0 Å². The van der Waals surface area contributed by atoms with Gasteiger partial charge in [-0.05, 0) is 24.6 Å². The van der Waals surface area contributed by atoms with Crippen LogP contribution in [-0.4, -0.2) is 42.1 Å². The van der Waals surface area contributed by atoms with Crippen LogP contribution in [0.1, 0.15) is 12.5 Å². The van der Waals surface area contributed by atoms with E-state index >= 15 is 0 Å². The smallest absolute Gasteiger partial charge is 0.240 e. The van der Waals surface area contributed by atoms with E-state index in [4.69, 9.17) is 4.74 Å². The fraction of sp³-hybridized carbons (Fsp3) is 0.500. The maximum Gasteiger partial charge on any atom is 0.240 e. The van der Waals surface area contributed by atoms with E-state index in [1.165, 1.54) is 0 Å². The third kappa shape index (κ3) is 4.30. The van der Waals surface area contributed by atoms with Crippen molar-refractivity contribution in [3.05, 3.63) is 29.8 Å². The highest BCUT2D eigenvalue weighted by Crippen LogP contribution is 2.16. The number of halogens is 1. The Morgan fingerprint density at radius 3 is 2.65 bits per heavy atom. The lowest BCUT2D eigenvalue weighted by Gasteiger charge is -2.24. The van der Waals surface area contributed by atoms with Gasteiger partial charge in [0, 0.05) is 24.7 Å². The van der Waals surface area contributed by atoms with Gasteiger partial charge in [-0.2, -0.15) is 0 Å². The minimum Gasteiger partial charge on any atom is -0.497 e. The molecule has 0 aliphatic carbocycles. The standard InChI is InChI=1S/C14H20N2O2S.ClH/c1-3-16(14(17)13-9-19-10-15-13)8-11-4-6-12(18-2)7-5-11;/h4-7,13,15H,3,8-10H2,1-2H3;1H. The predicted octanol–water partition coefficient (Wildman–Crippen LogP) is 2.13. The first-order valence-electron chi connectivity index (χ1n) is 6.47. The lowest BCUT2D eigenvalue weighted by Crippen LogP contribution is -2.44. The molecule has 1 aliphatic rings. The SMILES string of the molecule is CCN(Cc1ccc(OC)cc1)C(=O)C1CSCN1.Cl. The first-order chi connectivity index (χ1) is 9.24. The molecule has 1 aromatic rings. The van der Waals surface area contributed by atoms with Crippen molar-refractivity contribution in [2.45, 2.75) is 19.5 Å². The summed E-state index contributed by atoms with van der Waals surface area (Å²) in [6, 6.07) is 7.84. The van der Waals surface area contributed by atoms with E-state index in [9.17, 15) is 4.79 Å². The van der Waals surface area contributed by atoms with Crippen LogP contribution in [-0.2, 0) is 11.3 Å². The molecule has 6 heteroatoms. The van der Waals surface area contributed by atoms with Crippen molar-refractivity contribution < 1.29 is 9.53 Å². The Bertz CT molecular complexity index is 422. The average molecular weight is 317 g/mol. The van der Waals surface area contributed by atoms with Gasteiger partial charge >= 0.3 is 0 Å². The second-order valence-electron chi connectivity index (χ2n) is 4.47. The van der Waals surface area contributed by atoms with Crippen LogP contribution in [0.3, 0.4) is 0 Å². The van der Waals surface area contributed by atoms with E-state index in [2.05, 4.69) is 5.32 Å². The number of hydrogen-bond acceptors (Lipinski definition) is 4. The lowest BCUT2D eigenvalue weighted by molar-refractivity contribution is -0.133. The Kier molecular flexibility index (Phi) is 7.19. The van der Waals surface area contributed by atoms with Crippen LogP contribution < -0.4 is 10.1 Å². The number of carbonyl (C=O) groups excluding carboxylic acids is 1. The van der Waals surface area contributed by atoms with Gasteiger partial charge in [0.25, 0.3) is 0 Å². The molecule has 0 spiro atoms.